The Bertz CT molecular complexity index is 1330. The van der Waals surface area contributed by atoms with Crippen molar-refractivity contribution in [1.29, 1.82) is 0 Å². The van der Waals surface area contributed by atoms with Crippen LogP contribution in [0.15, 0.2) is 34.8 Å². The van der Waals surface area contributed by atoms with Crippen LogP contribution in [0.3, 0.4) is 0 Å². The number of hydrogen-bond donors (Lipinski definition) is 1. The van der Waals surface area contributed by atoms with Crippen molar-refractivity contribution in [3.05, 3.63) is 73.3 Å². The molecule has 0 fully saturated rings. The molecule has 3 rings (SSSR count). The van der Waals surface area contributed by atoms with E-state index in [0.29, 0.717) is 22.0 Å². The second-order valence-electron chi connectivity index (χ2n) is 9.35. The van der Waals surface area contributed by atoms with E-state index in [-0.39, 0.29) is 35.1 Å². The van der Waals surface area contributed by atoms with Gasteiger partial charge in [-0.05, 0) is 70.0 Å². The van der Waals surface area contributed by atoms with Crippen LogP contribution in [-0.2, 0) is 9.53 Å². The summed E-state index contributed by atoms with van der Waals surface area (Å²) in [6, 6.07) is 7.44. The average molecular weight is 602 g/mol. The molecule has 5 nitrogen and oxygen atoms in total. The summed E-state index contributed by atoms with van der Waals surface area (Å²) in [6.07, 6.45) is -0.0161. The number of carbonyl (C=O) groups is 2. The van der Waals surface area contributed by atoms with Crippen LogP contribution in [0.2, 0.25) is 10.2 Å². The molecule has 1 atom stereocenters. The molecular formula is C26H25BrCl2F2N2O3. The van der Waals surface area contributed by atoms with E-state index in [0.717, 1.165) is 10.5 Å². The van der Waals surface area contributed by atoms with Gasteiger partial charge in [-0.1, -0.05) is 39.1 Å². The van der Waals surface area contributed by atoms with Crippen molar-refractivity contribution in [2.45, 2.75) is 52.1 Å². The highest BCUT2D eigenvalue weighted by molar-refractivity contribution is 9.10. The molecule has 1 aromatic heterocycles. The fourth-order valence-electron chi connectivity index (χ4n) is 3.85. The summed E-state index contributed by atoms with van der Waals surface area (Å²) in [5.41, 5.74) is 0.496. The first-order valence-electron chi connectivity index (χ1n) is 11.2. The quantitative estimate of drug-likeness (QED) is 0.173. The summed E-state index contributed by atoms with van der Waals surface area (Å²) in [5, 5.41) is 3.53. The number of aromatic nitrogens is 1. The highest BCUT2D eigenvalue weighted by Crippen LogP contribution is 2.33. The molecule has 192 valence electrons. The molecule has 3 aromatic rings. The SMILES string of the molecule is Cc1c(Cl)nc2ccc(Br)cc2c1C(=O)NCC(CCC(=O)OC(C)(C)C)c1c(Cl)ccc(F)c1F. The van der Waals surface area contributed by atoms with Crippen molar-refractivity contribution in [2.75, 3.05) is 6.54 Å². The Kier molecular flexibility index (Phi) is 8.96. The number of pyridine rings is 1. The first kappa shape index (κ1) is 28.3. The Balaban J connectivity index is 1.92. The highest BCUT2D eigenvalue weighted by Gasteiger charge is 2.26. The van der Waals surface area contributed by atoms with Crippen LogP contribution in [0.5, 0.6) is 0 Å². The number of nitrogens with zero attached hydrogens (tertiary/aromatic N) is 1. The van der Waals surface area contributed by atoms with Crippen molar-refractivity contribution in [1.82, 2.24) is 10.3 Å². The smallest absolute Gasteiger partial charge is 0.306 e. The normalized spacial score (nSPS) is 12.5. The zero-order valence-corrected chi connectivity index (χ0v) is 23.2. The van der Waals surface area contributed by atoms with Gasteiger partial charge in [0, 0.05) is 39.3 Å². The number of benzene rings is 2. The maximum absolute atomic E-state index is 14.8. The maximum Gasteiger partial charge on any atom is 0.306 e. The van der Waals surface area contributed by atoms with E-state index < -0.39 is 35.0 Å². The van der Waals surface area contributed by atoms with Crippen LogP contribution in [-0.4, -0.2) is 29.0 Å². The minimum atomic E-state index is -1.12. The van der Waals surface area contributed by atoms with E-state index in [4.69, 9.17) is 27.9 Å². The third-order valence-corrected chi connectivity index (χ3v) is 6.66. The van der Waals surface area contributed by atoms with E-state index in [1.807, 2.05) is 0 Å². The molecule has 10 heteroatoms. The third-order valence-electron chi connectivity index (χ3n) is 5.47. The zero-order chi connectivity index (χ0) is 26.8. The monoisotopic (exact) mass is 600 g/mol. The van der Waals surface area contributed by atoms with Crippen LogP contribution in [0.1, 0.15) is 61.0 Å². The molecule has 1 N–H and O–H groups in total. The van der Waals surface area contributed by atoms with Crippen molar-refractivity contribution in [2.24, 2.45) is 0 Å². The largest absolute Gasteiger partial charge is 0.460 e. The van der Waals surface area contributed by atoms with E-state index in [9.17, 15) is 18.4 Å². The summed E-state index contributed by atoms with van der Waals surface area (Å²) in [7, 11) is 0. The first-order valence-corrected chi connectivity index (χ1v) is 12.7. The maximum atomic E-state index is 14.8. The standard InChI is InChI=1S/C26H25BrCl2F2N2O3/c1-13-21(16-11-15(27)6-9-19(16)33-24(13)29)25(35)32-12-14(5-10-20(34)36-26(2,3)4)22-17(28)7-8-18(30)23(22)31/h6-9,11,14H,5,10,12H2,1-4H3,(H,32,35). The summed E-state index contributed by atoms with van der Waals surface area (Å²) in [4.78, 5) is 30.0. The molecule has 2 aromatic carbocycles. The molecule has 36 heavy (non-hydrogen) atoms. The summed E-state index contributed by atoms with van der Waals surface area (Å²) < 4.78 is 35.0. The molecule has 1 heterocycles. The Hall–Kier alpha value is -2.29. The van der Waals surface area contributed by atoms with Crippen LogP contribution in [0, 0.1) is 18.6 Å². The van der Waals surface area contributed by atoms with E-state index >= 15 is 0 Å². The number of halogens is 5. The van der Waals surface area contributed by atoms with Crippen molar-refractivity contribution in [3.63, 3.8) is 0 Å². The molecule has 1 unspecified atom stereocenters. The number of carbonyl (C=O) groups excluding carboxylic acids is 2. The lowest BCUT2D eigenvalue weighted by atomic mass is 9.92. The summed E-state index contributed by atoms with van der Waals surface area (Å²) >= 11 is 15.9. The fraction of sp³-hybridized carbons (Fsp3) is 0.346. The van der Waals surface area contributed by atoms with Crippen LogP contribution in [0.4, 0.5) is 8.78 Å². The lowest BCUT2D eigenvalue weighted by Crippen LogP contribution is -2.31. The zero-order valence-electron chi connectivity index (χ0n) is 20.1. The van der Waals surface area contributed by atoms with Gasteiger partial charge in [-0.2, -0.15) is 0 Å². The molecule has 0 aliphatic rings. The summed E-state index contributed by atoms with van der Waals surface area (Å²) in [5.74, 6) is -3.98. The van der Waals surface area contributed by atoms with Gasteiger partial charge in [0.25, 0.3) is 5.91 Å². The van der Waals surface area contributed by atoms with Gasteiger partial charge in [-0.3, -0.25) is 9.59 Å². The lowest BCUT2D eigenvalue weighted by molar-refractivity contribution is -0.155. The molecule has 0 saturated heterocycles. The number of esters is 1. The first-order chi connectivity index (χ1) is 16.8. The molecular weight excluding hydrogens is 577 g/mol. The van der Waals surface area contributed by atoms with E-state index in [1.165, 1.54) is 6.07 Å². The molecule has 0 radical (unpaired) electrons. The van der Waals surface area contributed by atoms with Crippen LogP contribution >= 0.6 is 39.1 Å². The predicted molar refractivity (Wildman–Crippen MR) is 141 cm³/mol. The highest BCUT2D eigenvalue weighted by atomic mass is 79.9. The summed E-state index contributed by atoms with van der Waals surface area (Å²) in [6.45, 7) is 6.76. The number of hydrogen-bond acceptors (Lipinski definition) is 4. The van der Waals surface area contributed by atoms with Crippen molar-refractivity contribution < 1.29 is 23.1 Å². The van der Waals surface area contributed by atoms with Gasteiger partial charge in [0.05, 0.1) is 11.1 Å². The van der Waals surface area contributed by atoms with Crippen molar-refractivity contribution >= 4 is 61.9 Å². The molecule has 0 saturated carbocycles. The van der Waals surface area contributed by atoms with Crippen LogP contribution < -0.4 is 5.32 Å². The number of rotatable bonds is 7. The van der Waals surface area contributed by atoms with Gasteiger partial charge in [-0.25, -0.2) is 13.8 Å². The Morgan fingerprint density at radius 3 is 2.53 bits per heavy atom. The number of fused-ring (bicyclic) bond motifs is 1. The number of amides is 1. The lowest BCUT2D eigenvalue weighted by Gasteiger charge is -2.23. The molecule has 0 aliphatic carbocycles. The number of ether oxygens (including phenoxy) is 1. The minimum Gasteiger partial charge on any atom is -0.460 e. The third kappa shape index (κ3) is 6.72. The Morgan fingerprint density at radius 2 is 1.86 bits per heavy atom. The molecule has 0 bridgehead atoms. The second-order valence-corrected chi connectivity index (χ2v) is 11.0. The minimum absolute atomic E-state index is 0.00476. The van der Waals surface area contributed by atoms with Gasteiger partial charge in [0.15, 0.2) is 11.6 Å². The van der Waals surface area contributed by atoms with Gasteiger partial charge >= 0.3 is 5.97 Å². The number of nitrogens with one attached hydrogen (secondary N) is 1. The topological polar surface area (TPSA) is 68.3 Å². The van der Waals surface area contributed by atoms with Gasteiger partial charge in [0.2, 0.25) is 0 Å². The predicted octanol–water partition coefficient (Wildman–Crippen LogP) is 7.53. The van der Waals surface area contributed by atoms with Gasteiger partial charge in [-0.15, -0.1) is 0 Å². The fourth-order valence-corrected chi connectivity index (χ4v) is 4.69. The van der Waals surface area contributed by atoms with E-state index in [1.54, 1.807) is 45.9 Å². The van der Waals surface area contributed by atoms with Crippen LogP contribution in [0.25, 0.3) is 10.9 Å². The molecule has 0 aliphatic heterocycles. The van der Waals surface area contributed by atoms with Gasteiger partial charge in [0.1, 0.15) is 10.8 Å². The average Bonchev–Trinajstić information content (AvgIpc) is 2.77. The second kappa shape index (κ2) is 11.4. The molecule has 1 amide bonds. The molecule has 0 spiro atoms. The van der Waals surface area contributed by atoms with Crippen molar-refractivity contribution in [3.8, 4) is 0 Å². The Labute approximate surface area is 226 Å². The van der Waals surface area contributed by atoms with E-state index in [2.05, 4.69) is 26.2 Å². The van der Waals surface area contributed by atoms with Gasteiger partial charge < -0.3 is 10.1 Å². The Morgan fingerprint density at radius 1 is 1.17 bits per heavy atom.